The van der Waals surface area contributed by atoms with Crippen LogP contribution in [0.25, 0.3) is 0 Å². The van der Waals surface area contributed by atoms with E-state index in [1.165, 1.54) is 5.57 Å². The van der Waals surface area contributed by atoms with Gasteiger partial charge in [0.25, 0.3) is 0 Å². The molecule has 0 aliphatic carbocycles. The molecule has 0 radical (unpaired) electrons. The third-order valence-electron chi connectivity index (χ3n) is 1.74. The Morgan fingerprint density at radius 1 is 1.42 bits per heavy atom. The molecule has 12 heavy (non-hydrogen) atoms. The summed E-state index contributed by atoms with van der Waals surface area (Å²) in [7, 11) is 1.74. The van der Waals surface area contributed by atoms with Crippen molar-refractivity contribution in [3.63, 3.8) is 0 Å². The van der Waals surface area contributed by atoms with E-state index in [1.54, 1.807) is 13.3 Å². The lowest BCUT2D eigenvalue weighted by molar-refractivity contribution is 1.09. The van der Waals surface area contributed by atoms with Crippen LogP contribution in [-0.2, 0) is 0 Å². The standard InChI is InChI=1S/C10H18N2/c1-5-8(2)6-10(11)9(3)7-12-4/h6-7H,5,11H2,1-4H3/b8-6-,10-9?,12-7?. The molecular weight excluding hydrogens is 148 g/mol. The second-order valence-electron chi connectivity index (χ2n) is 2.87. The van der Waals surface area contributed by atoms with Gasteiger partial charge in [-0.1, -0.05) is 12.5 Å². The molecule has 0 amide bonds. The van der Waals surface area contributed by atoms with Gasteiger partial charge in [-0.2, -0.15) is 0 Å². The number of nitrogens with zero attached hydrogens (tertiary/aromatic N) is 1. The minimum absolute atomic E-state index is 0.806. The van der Waals surface area contributed by atoms with Crippen LogP contribution in [0.15, 0.2) is 27.9 Å². The van der Waals surface area contributed by atoms with Crippen molar-refractivity contribution >= 4 is 6.21 Å². The molecule has 0 heterocycles. The van der Waals surface area contributed by atoms with E-state index in [4.69, 9.17) is 5.73 Å². The van der Waals surface area contributed by atoms with Crippen molar-refractivity contribution in [2.75, 3.05) is 7.05 Å². The monoisotopic (exact) mass is 166 g/mol. The van der Waals surface area contributed by atoms with E-state index in [9.17, 15) is 0 Å². The van der Waals surface area contributed by atoms with Crippen molar-refractivity contribution in [2.24, 2.45) is 10.7 Å². The molecule has 2 heteroatoms. The van der Waals surface area contributed by atoms with Crippen LogP contribution in [0.4, 0.5) is 0 Å². The molecule has 0 aliphatic heterocycles. The summed E-state index contributed by atoms with van der Waals surface area (Å²) in [6.45, 7) is 6.15. The summed E-state index contributed by atoms with van der Waals surface area (Å²) in [5.74, 6) is 0. The van der Waals surface area contributed by atoms with Crippen molar-refractivity contribution < 1.29 is 0 Å². The van der Waals surface area contributed by atoms with Crippen molar-refractivity contribution in [1.82, 2.24) is 0 Å². The fourth-order valence-electron chi connectivity index (χ4n) is 0.750. The second kappa shape index (κ2) is 5.58. The zero-order chi connectivity index (χ0) is 9.56. The fourth-order valence-corrected chi connectivity index (χ4v) is 0.750. The average Bonchev–Trinajstić information content (AvgIpc) is 2.04. The van der Waals surface area contributed by atoms with Crippen LogP contribution >= 0.6 is 0 Å². The van der Waals surface area contributed by atoms with Crippen LogP contribution < -0.4 is 5.73 Å². The Labute approximate surface area is 74.9 Å². The second-order valence-corrected chi connectivity index (χ2v) is 2.87. The Morgan fingerprint density at radius 2 is 2.00 bits per heavy atom. The van der Waals surface area contributed by atoms with Gasteiger partial charge in [-0.05, 0) is 31.9 Å². The summed E-state index contributed by atoms with van der Waals surface area (Å²) < 4.78 is 0. The summed E-state index contributed by atoms with van der Waals surface area (Å²) in [5.41, 5.74) is 8.90. The lowest BCUT2D eigenvalue weighted by atomic mass is 10.1. The Kier molecular flexibility index (Phi) is 5.09. The predicted molar refractivity (Wildman–Crippen MR) is 55.4 cm³/mol. The van der Waals surface area contributed by atoms with Crippen LogP contribution in [0, 0.1) is 0 Å². The van der Waals surface area contributed by atoms with E-state index < -0.39 is 0 Å². The van der Waals surface area contributed by atoms with Crippen LogP contribution in [-0.4, -0.2) is 13.3 Å². The molecule has 0 rings (SSSR count). The SMILES string of the molecule is CC/C(C)=C\C(N)=C(C)C=NC. The molecule has 0 aromatic heterocycles. The third kappa shape index (κ3) is 3.96. The van der Waals surface area contributed by atoms with Crippen LogP contribution in [0.3, 0.4) is 0 Å². The number of aliphatic imine (C=N–C) groups is 1. The molecule has 0 bridgehead atoms. The third-order valence-corrected chi connectivity index (χ3v) is 1.74. The van der Waals surface area contributed by atoms with Crippen LogP contribution in [0.2, 0.25) is 0 Å². The maximum Gasteiger partial charge on any atom is 0.0358 e. The largest absolute Gasteiger partial charge is 0.398 e. The van der Waals surface area contributed by atoms with Crippen LogP contribution in [0.5, 0.6) is 0 Å². The maximum atomic E-state index is 5.79. The van der Waals surface area contributed by atoms with Gasteiger partial charge in [0.15, 0.2) is 0 Å². The van der Waals surface area contributed by atoms with Gasteiger partial charge in [-0.15, -0.1) is 0 Å². The van der Waals surface area contributed by atoms with Gasteiger partial charge in [0.05, 0.1) is 0 Å². The van der Waals surface area contributed by atoms with Gasteiger partial charge in [-0.25, -0.2) is 0 Å². The molecule has 2 N–H and O–H groups in total. The van der Waals surface area contributed by atoms with Crippen molar-refractivity contribution in [2.45, 2.75) is 27.2 Å². The highest BCUT2D eigenvalue weighted by Gasteiger charge is 1.91. The van der Waals surface area contributed by atoms with E-state index in [0.29, 0.717) is 0 Å². The van der Waals surface area contributed by atoms with Gasteiger partial charge < -0.3 is 5.73 Å². The van der Waals surface area contributed by atoms with Crippen molar-refractivity contribution in [3.8, 4) is 0 Å². The predicted octanol–water partition coefficient (Wildman–Crippen LogP) is 2.28. The van der Waals surface area contributed by atoms with Gasteiger partial charge in [0, 0.05) is 19.0 Å². The average molecular weight is 166 g/mol. The molecule has 0 saturated carbocycles. The highest BCUT2D eigenvalue weighted by molar-refractivity contribution is 5.79. The number of nitrogens with two attached hydrogens (primary N) is 1. The van der Waals surface area contributed by atoms with Crippen LogP contribution in [0.1, 0.15) is 27.2 Å². The molecule has 0 saturated heterocycles. The van der Waals surface area contributed by atoms with Crippen molar-refractivity contribution in [1.29, 1.82) is 0 Å². The molecule has 2 nitrogen and oxygen atoms in total. The maximum absolute atomic E-state index is 5.79. The Balaban J connectivity index is 4.56. The topological polar surface area (TPSA) is 38.4 Å². The molecule has 0 spiro atoms. The molecular formula is C10H18N2. The smallest absolute Gasteiger partial charge is 0.0358 e. The molecule has 0 aromatic carbocycles. The zero-order valence-corrected chi connectivity index (χ0v) is 8.39. The summed E-state index contributed by atoms with van der Waals surface area (Å²) in [4.78, 5) is 3.90. The molecule has 0 aliphatic rings. The minimum atomic E-state index is 0.806. The lowest BCUT2D eigenvalue weighted by Crippen LogP contribution is -1.99. The minimum Gasteiger partial charge on any atom is -0.398 e. The summed E-state index contributed by atoms with van der Waals surface area (Å²) >= 11 is 0. The van der Waals surface area contributed by atoms with E-state index in [-0.39, 0.29) is 0 Å². The van der Waals surface area contributed by atoms with E-state index in [0.717, 1.165) is 17.7 Å². The summed E-state index contributed by atoms with van der Waals surface area (Å²) in [6.07, 6.45) is 4.81. The summed E-state index contributed by atoms with van der Waals surface area (Å²) in [5, 5.41) is 0. The molecule has 0 unspecified atom stereocenters. The summed E-state index contributed by atoms with van der Waals surface area (Å²) in [6, 6.07) is 0. The number of hydrogen-bond donors (Lipinski definition) is 1. The normalized spacial score (nSPS) is 15.2. The number of hydrogen-bond acceptors (Lipinski definition) is 2. The zero-order valence-electron chi connectivity index (χ0n) is 8.39. The van der Waals surface area contributed by atoms with Gasteiger partial charge in [0.2, 0.25) is 0 Å². The van der Waals surface area contributed by atoms with Gasteiger partial charge >= 0.3 is 0 Å². The van der Waals surface area contributed by atoms with E-state index >= 15 is 0 Å². The molecule has 68 valence electrons. The Bertz CT molecular complexity index is 222. The fraction of sp³-hybridized carbons (Fsp3) is 0.500. The highest BCUT2D eigenvalue weighted by Crippen LogP contribution is 2.04. The highest BCUT2D eigenvalue weighted by atomic mass is 14.6. The molecule has 0 atom stereocenters. The number of allylic oxidation sites excluding steroid dienone is 3. The molecule has 0 aromatic rings. The Morgan fingerprint density at radius 3 is 2.42 bits per heavy atom. The van der Waals surface area contributed by atoms with E-state index in [1.807, 2.05) is 13.0 Å². The Hall–Kier alpha value is -1.05. The number of rotatable bonds is 3. The first kappa shape index (κ1) is 11.0. The lowest BCUT2D eigenvalue weighted by Gasteiger charge is -1.99. The molecule has 0 fully saturated rings. The first-order valence-electron chi connectivity index (χ1n) is 4.17. The van der Waals surface area contributed by atoms with Gasteiger partial charge in [-0.3, -0.25) is 4.99 Å². The van der Waals surface area contributed by atoms with E-state index in [2.05, 4.69) is 18.8 Å². The first-order chi connectivity index (χ1) is 5.61. The van der Waals surface area contributed by atoms with Crippen molar-refractivity contribution in [3.05, 3.63) is 22.9 Å². The van der Waals surface area contributed by atoms with Gasteiger partial charge in [0.1, 0.15) is 0 Å². The quantitative estimate of drug-likeness (QED) is 0.507. The first-order valence-corrected chi connectivity index (χ1v) is 4.17.